The highest BCUT2D eigenvalue weighted by molar-refractivity contribution is 5.56. The van der Waals surface area contributed by atoms with Crippen LogP contribution in [-0.2, 0) is 0 Å². The molecule has 0 amide bonds. The van der Waals surface area contributed by atoms with E-state index in [9.17, 15) is 18.9 Å². The number of hydrogen-bond donors (Lipinski definition) is 2. The van der Waals surface area contributed by atoms with Crippen molar-refractivity contribution >= 4 is 11.4 Å². The fourth-order valence-electron chi connectivity index (χ4n) is 1.34. The lowest BCUT2D eigenvalue weighted by Crippen LogP contribution is -2.35. The van der Waals surface area contributed by atoms with Crippen LogP contribution in [0.25, 0.3) is 0 Å². The third-order valence-corrected chi connectivity index (χ3v) is 2.26. The van der Waals surface area contributed by atoms with Crippen molar-refractivity contribution in [2.75, 3.05) is 25.0 Å². The van der Waals surface area contributed by atoms with Crippen molar-refractivity contribution < 1.29 is 18.4 Å². The molecule has 0 radical (unpaired) electrons. The molecule has 3 N–H and O–H groups in total. The highest BCUT2D eigenvalue weighted by atomic mass is 19.3. The molecule has 0 saturated heterocycles. The minimum absolute atomic E-state index is 0.186. The van der Waals surface area contributed by atoms with Crippen LogP contribution in [0.4, 0.5) is 20.2 Å². The normalized spacial score (nSPS) is 11.2. The van der Waals surface area contributed by atoms with Gasteiger partial charge in [-0.2, -0.15) is 0 Å². The summed E-state index contributed by atoms with van der Waals surface area (Å²) in [4.78, 5) is 10.1. The number of anilines is 1. The molecule has 8 heteroatoms. The zero-order valence-electron chi connectivity index (χ0n) is 10.4. The fourth-order valence-corrected chi connectivity index (χ4v) is 1.34. The van der Waals surface area contributed by atoms with Gasteiger partial charge >= 0.3 is 0 Å². The monoisotopic (exact) mass is 275 g/mol. The summed E-state index contributed by atoms with van der Waals surface area (Å²) < 4.78 is 31.1. The molecular formula is C11H15F2N3O3. The van der Waals surface area contributed by atoms with Crippen LogP contribution in [0.1, 0.15) is 6.92 Å². The number of alkyl halides is 2. The standard InChI is InChI=1S/C11H15F2N3O3/c1-2-19-10-4-8(3-9(5-10)16(17)18)15-7-11(12,13)6-14/h3-5,15H,2,6-7,14H2,1H3. The number of ether oxygens (including phenoxy) is 1. The second-order valence-corrected chi connectivity index (χ2v) is 3.82. The van der Waals surface area contributed by atoms with Crippen LogP contribution in [0.15, 0.2) is 18.2 Å². The van der Waals surface area contributed by atoms with E-state index < -0.39 is 23.9 Å². The summed E-state index contributed by atoms with van der Waals surface area (Å²) in [6.07, 6.45) is 0. The number of halogens is 2. The van der Waals surface area contributed by atoms with Gasteiger partial charge in [0, 0.05) is 17.8 Å². The average molecular weight is 275 g/mol. The van der Waals surface area contributed by atoms with Gasteiger partial charge in [0.05, 0.1) is 30.7 Å². The lowest BCUT2D eigenvalue weighted by molar-refractivity contribution is -0.384. The molecule has 0 aliphatic heterocycles. The molecule has 19 heavy (non-hydrogen) atoms. The van der Waals surface area contributed by atoms with E-state index >= 15 is 0 Å². The lowest BCUT2D eigenvalue weighted by Gasteiger charge is -2.16. The van der Waals surface area contributed by atoms with Gasteiger partial charge in [0.1, 0.15) is 5.75 Å². The third kappa shape index (κ3) is 4.66. The SMILES string of the molecule is CCOc1cc(NCC(F)(F)CN)cc([N+](=O)[O-])c1. The molecule has 0 atom stereocenters. The second kappa shape index (κ2) is 6.28. The van der Waals surface area contributed by atoms with Gasteiger partial charge in [0.25, 0.3) is 11.6 Å². The molecule has 0 heterocycles. The van der Waals surface area contributed by atoms with Crippen LogP contribution in [0, 0.1) is 10.1 Å². The van der Waals surface area contributed by atoms with E-state index in [1.807, 2.05) is 0 Å². The Hall–Kier alpha value is -1.96. The minimum atomic E-state index is -3.07. The molecule has 0 saturated carbocycles. The molecule has 0 spiro atoms. The van der Waals surface area contributed by atoms with Crippen molar-refractivity contribution in [3.63, 3.8) is 0 Å². The Morgan fingerprint density at radius 2 is 2.16 bits per heavy atom. The maximum Gasteiger partial charge on any atom is 0.276 e. The van der Waals surface area contributed by atoms with Crippen LogP contribution in [0.5, 0.6) is 5.75 Å². The van der Waals surface area contributed by atoms with Gasteiger partial charge in [-0.05, 0) is 6.92 Å². The van der Waals surface area contributed by atoms with Crippen molar-refractivity contribution in [3.8, 4) is 5.75 Å². The van der Waals surface area contributed by atoms with Gasteiger partial charge in [0.15, 0.2) is 0 Å². The van der Waals surface area contributed by atoms with Crippen molar-refractivity contribution in [1.82, 2.24) is 0 Å². The molecule has 0 unspecified atom stereocenters. The minimum Gasteiger partial charge on any atom is -0.494 e. The lowest BCUT2D eigenvalue weighted by atomic mass is 10.2. The molecular weight excluding hydrogens is 260 g/mol. The second-order valence-electron chi connectivity index (χ2n) is 3.82. The van der Waals surface area contributed by atoms with E-state index in [4.69, 9.17) is 10.5 Å². The zero-order valence-corrected chi connectivity index (χ0v) is 10.4. The highest BCUT2D eigenvalue weighted by Gasteiger charge is 2.26. The smallest absolute Gasteiger partial charge is 0.276 e. The van der Waals surface area contributed by atoms with Crippen molar-refractivity contribution in [2.45, 2.75) is 12.8 Å². The molecule has 6 nitrogen and oxygen atoms in total. The summed E-state index contributed by atoms with van der Waals surface area (Å²) in [5, 5.41) is 13.1. The number of hydrogen-bond acceptors (Lipinski definition) is 5. The Labute approximate surface area is 108 Å². The maximum atomic E-state index is 13.0. The Morgan fingerprint density at radius 1 is 1.47 bits per heavy atom. The maximum absolute atomic E-state index is 13.0. The summed E-state index contributed by atoms with van der Waals surface area (Å²) in [5.41, 5.74) is 4.86. The van der Waals surface area contributed by atoms with E-state index in [0.29, 0.717) is 6.61 Å². The van der Waals surface area contributed by atoms with Crippen molar-refractivity contribution in [3.05, 3.63) is 28.3 Å². The Morgan fingerprint density at radius 3 is 2.68 bits per heavy atom. The Kier molecular flexibility index (Phi) is 4.99. The molecule has 0 aliphatic carbocycles. The molecule has 1 rings (SSSR count). The van der Waals surface area contributed by atoms with Gasteiger partial charge in [-0.3, -0.25) is 10.1 Å². The molecule has 1 aromatic carbocycles. The van der Waals surface area contributed by atoms with Crippen LogP contribution in [-0.4, -0.2) is 30.5 Å². The molecule has 0 aliphatic rings. The third-order valence-electron chi connectivity index (χ3n) is 2.26. The molecule has 106 valence electrons. The number of nitrogens with two attached hydrogens (primary N) is 1. The van der Waals surface area contributed by atoms with Crippen LogP contribution in [0.2, 0.25) is 0 Å². The number of benzene rings is 1. The van der Waals surface area contributed by atoms with Gasteiger partial charge in [0.2, 0.25) is 0 Å². The van der Waals surface area contributed by atoms with Gasteiger partial charge < -0.3 is 15.8 Å². The summed E-state index contributed by atoms with van der Waals surface area (Å²) in [5.74, 6) is -2.83. The fraction of sp³-hybridized carbons (Fsp3) is 0.455. The summed E-state index contributed by atoms with van der Waals surface area (Å²) in [6.45, 7) is 0.539. The average Bonchev–Trinajstić information content (AvgIpc) is 2.37. The molecule has 0 bridgehead atoms. The number of nitrogens with one attached hydrogen (secondary N) is 1. The highest BCUT2D eigenvalue weighted by Crippen LogP contribution is 2.26. The Balaban J connectivity index is 2.90. The van der Waals surface area contributed by atoms with Crippen molar-refractivity contribution in [2.24, 2.45) is 5.73 Å². The predicted octanol–water partition coefficient (Wildman–Crippen LogP) is 2.00. The molecule has 1 aromatic rings. The Bertz CT molecular complexity index is 455. The largest absolute Gasteiger partial charge is 0.494 e. The van der Waals surface area contributed by atoms with Crippen LogP contribution >= 0.6 is 0 Å². The van der Waals surface area contributed by atoms with E-state index in [0.717, 1.165) is 6.07 Å². The van der Waals surface area contributed by atoms with E-state index in [1.165, 1.54) is 12.1 Å². The first-order valence-electron chi connectivity index (χ1n) is 5.62. The molecule has 0 fully saturated rings. The number of rotatable bonds is 7. The first-order chi connectivity index (χ1) is 8.88. The van der Waals surface area contributed by atoms with Gasteiger partial charge in [-0.1, -0.05) is 0 Å². The first kappa shape index (κ1) is 15.1. The number of nitro groups is 1. The van der Waals surface area contributed by atoms with E-state index in [2.05, 4.69) is 5.32 Å². The van der Waals surface area contributed by atoms with Gasteiger partial charge in [-0.25, -0.2) is 8.78 Å². The number of nitrogens with zero attached hydrogens (tertiary/aromatic N) is 1. The number of nitro benzene ring substituents is 1. The first-order valence-corrected chi connectivity index (χ1v) is 5.62. The van der Waals surface area contributed by atoms with Crippen LogP contribution in [0.3, 0.4) is 0 Å². The summed E-state index contributed by atoms with van der Waals surface area (Å²) in [7, 11) is 0. The predicted molar refractivity (Wildman–Crippen MR) is 66.8 cm³/mol. The summed E-state index contributed by atoms with van der Waals surface area (Å²) in [6, 6.07) is 3.81. The summed E-state index contributed by atoms with van der Waals surface area (Å²) >= 11 is 0. The topological polar surface area (TPSA) is 90.4 Å². The van der Waals surface area contributed by atoms with E-state index in [-0.39, 0.29) is 17.1 Å². The van der Waals surface area contributed by atoms with Crippen molar-refractivity contribution in [1.29, 1.82) is 0 Å². The van der Waals surface area contributed by atoms with Crippen LogP contribution < -0.4 is 15.8 Å². The quantitative estimate of drug-likeness (QED) is 0.586. The number of non-ortho nitro benzene ring substituents is 1. The molecule has 0 aromatic heterocycles. The van der Waals surface area contributed by atoms with E-state index in [1.54, 1.807) is 6.92 Å². The zero-order chi connectivity index (χ0) is 14.5. The van der Waals surface area contributed by atoms with Gasteiger partial charge in [-0.15, -0.1) is 0 Å².